The average molecular weight is 322 g/mol. The molecule has 9 heteroatoms. The van der Waals surface area contributed by atoms with E-state index in [-0.39, 0.29) is 10.9 Å². The van der Waals surface area contributed by atoms with E-state index in [1.165, 1.54) is 0 Å². The molecule has 22 heavy (non-hydrogen) atoms. The monoisotopic (exact) mass is 322 g/mol. The molecule has 0 unspecified atom stereocenters. The predicted octanol–water partition coefficient (Wildman–Crippen LogP) is 0.239. The highest BCUT2D eigenvalue weighted by Gasteiger charge is 2.23. The van der Waals surface area contributed by atoms with E-state index in [1.807, 2.05) is 7.05 Å². The summed E-state index contributed by atoms with van der Waals surface area (Å²) >= 11 is 0. The second-order valence-corrected chi connectivity index (χ2v) is 7.17. The molecule has 1 aliphatic heterocycles. The molecule has 3 rings (SSSR count). The van der Waals surface area contributed by atoms with Crippen LogP contribution < -0.4 is 4.72 Å². The maximum atomic E-state index is 12.4. The molecule has 118 valence electrons. The molecule has 8 nitrogen and oxygen atoms in total. The van der Waals surface area contributed by atoms with Crippen molar-refractivity contribution in [1.82, 2.24) is 30.2 Å². The number of aromatic nitrogens is 4. The lowest BCUT2D eigenvalue weighted by molar-refractivity contribution is 0.248. The van der Waals surface area contributed by atoms with Crippen LogP contribution in [0.15, 0.2) is 29.2 Å². The van der Waals surface area contributed by atoms with Gasteiger partial charge in [0, 0.05) is 11.6 Å². The maximum Gasteiger partial charge on any atom is 0.240 e. The van der Waals surface area contributed by atoms with Gasteiger partial charge in [0.05, 0.1) is 4.90 Å². The van der Waals surface area contributed by atoms with Gasteiger partial charge in [-0.05, 0) is 62.5 Å². The van der Waals surface area contributed by atoms with Gasteiger partial charge in [-0.25, -0.2) is 13.1 Å². The molecule has 2 heterocycles. The van der Waals surface area contributed by atoms with E-state index in [1.54, 1.807) is 24.3 Å². The Morgan fingerprint density at radius 3 is 2.50 bits per heavy atom. The first kappa shape index (κ1) is 15.1. The molecule has 0 spiro atoms. The smallest absolute Gasteiger partial charge is 0.240 e. The highest BCUT2D eigenvalue weighted by atomic mass is 32.2. The molecule has 1 aromatic carbocycles. The standard InChI is InChI=1S/C13H18N6O2S/c1-19-8-6-11(7-9-19)16-22(20,21)12-4-2-10(3-5-12)13-14-17-18-15-13/h2-5,11,16H,6-9H2,1H3,(H,14,15,17,18). The minimum atomic E-state index is -3.50. The molecule has 1 saturated heterocycles. The first-order valence-electron chi connectivity index (χ1n) is 7.09. The van der Waals surface area contributed by atoms with Crippen LogP contribution in [0.5, 0.6) is 0 Å². The Hall–Kier alpha value is -1.84. The van der Waals surface area contributed by atoms with E-state index in [0.717, 1.165) is 25.9 Å². The highest BCUT2D eigenvalue weighted by molar-refractivity contribution is 7.89. The predicted molar refractivity (Wildman–Crippen MR) is 80.5 cm³/mol. The van der Waals surface area contributed by atoms with Crippen molar-refractivity contribution >= 4 is 10.0 Å². The summed E-state index contributed by atoms with van der Waals surface area (Å²) in [6, 6.07) is 6.46. The molecule has 0 saturated carbocycles. The van der Waals surface area contributed by atoms with Crippen molar-refractivity contribution in [2.75, 3.05) is 20.1 Å². The number of piperidine rings is 1. The van der Waals surface area contributed by atoms with E-state index in [2.05, 4.69) is 30.2 Å². The topological polar surface area (TPSA) is 104 Å². The summed E-state index contributed by atoms with van der Waals surface area (Å²) in [4.78, 5) is 2.45. The Balaban J connectivity index is 1.72. The summed E-state index contributed by atoms with van der Waals surface area (Å²) < 4.78 is 27.6. The van der Waals surface area contributed by atoms with Crippen LogP contribution in [0.3, 0.4) is 0 Å². The number of hydrogen-bond acceptors (Lipinski definition) is 6. The van der Waals surface area contributed by atoms with Gasteiger partial charge in [-0.1, -0.05) is 0 Å². The van der Waals surface area contributed by atoms with Gasteiger partial charge in [-0.2, -0.15) is 5.21 Å². The van der Waals surface area contributed by atoms with Crippen molar-refractivity contribution in [2.24, 2.45) is 0 Å². The second-order valence-electron chi connectivity index (χ2n) is 5.46. The normalized spacial score (nSPS) is 17.7. The Labute approximate surface area is 129 Å². The number of sulfonamides is 1. The summed E-state index contributed by atoms with van der Waals surface area (Å²) in [6.07, 6.45) is 1.66. The van der Waals surface area contributed by atoms with Crippen LogP contribution in [0.1, 0.15) is 12.8 Å². The number of likely N-dealkylation sites (tertiary alicyclic amines) is 1. The van der Waals surface area contributed by atoms with Crippen LogP contribution in [0.2, 0.25) is 0 Å². The molecule has 1 fully saturated rings. The zero-order valence-corrected chi connectivity index (χ0v) is 13.0. The van der Waals surface area contributed by atoms with Crippen LogP contribution in [0.4, 0.5) is 0 Å². The number of nitrogens with zero attached hydrogens (tertiary/aromatic N) is 4. The molecule has 0 bridgehead atoms. The van der Waals surface area contributed by atoms with Crippen LogP contribution in [-0.4, -0.2) is 60.1 Å². The first-order valence-corrected chi connectivity index (χ1v) is 8.58. The number of rotatable bonds is 4. The summed E-state index contributed by atoms with van der Waals surface area (Å²) in [5.74, 6) is 0.437. The molecule has 1 aliphatic rings. The van der Waals surface area contributed by atoms with Crippen LogP contribution in [-0.2, 0) is 10.0 Å². The van der Waals surface area contributed by atoms with Crippen molar-refractivity contribution < 1.29 is 8.42 Å². The fourth-order valence-corrected chi connectivity index (χ4v) is 3.79. The minimum Gasteiger partial charge on any atom is -0.306 e. The third kappa shape index (κ3) is 3.32. The van der Waals surface area contributed by atoms with E-state index < -0.39 is 10.0 Å². The first-order chi connectivity index (χ1) is 10.5. The van der Waals surface area contributed by atoms with Gasteiger partial charge >= 0.3 is 0 Å². The lowest BCUT2D eigenvalue weighted by Gasteiger charge is -2.29. The van der Waals surface area contributed by atoms with E-state index in [4.69, 9.17) is 0 Å². The molecule has 0 radical (unpaired) electrons. The van der Waals surface area contributed by atoms with Crippen LogP contribution in [0.25, 0.3) is 11.4 Å². The fourth-order valence-electron chi connectivity index (χ4n) is 2.48. The summed E-state index contributed by atoms with van der Waals surface area (Å²) in [6.45, 7) is 1.81. The lowest BCUT2D eigenvalue weighted by Crippen LogP contribution is -2.43. The van der Waals surface area contributed by atoms with Crippen molar-refractivity contribution in [3.8, 4) is 11.4 Å². The number of hydrogen-bond donors (Lipinski definition) is 2. The zero-order chi connectivity index (χ0) is 15.6. The van der Waals surface area contributed by atoms with Gasteiger partial charge < -0.3 is 4.90 Å². The molecular weight excluding hydrogens is 304 g/mol. The third-order valence-corrected chi connectivity index (χ3v) is 5.34. The van der Waals surface area contributed by atoms with Crippen molar-refractivity contribution in [1.29, 1.82) is 0 Å². The molecule has 0 aliphatic carbocycles. The number of tetrazole rings is 1. The largest absolute Gasteiger partial charge is 0.306 e. The Morgan fingerprint density at radius 2 is 1.91 bits per heavy atom. The molecule has 0 amide bonds. The van der Waals surface area contributed by atoms with Crippen LogP contribution in [0, 0.1) is 0 Å². The van der Waals surface area contributed by atoms with E-state index >= 15 is 0 Å². The summed E-state index contributed by atoms with van der Waals surface area (Å²) in [5, 5.41) is 13.6. The van der Waals surface area contributed by atoms with Crippen molar-refractivity contribution in [3.63, 3.8) is 0 Å². The number of nitrogens with one attached hydrogen (secondary N) is 2. The SMILES string of the molecule is CN1CCC(NS(=O)(=O)c2ccc(-c3nn[nH]n3)cc2)CC1. The average Bonchev–Trinajstić information content (AvgIpc) is 3.04. The van der Waals surface area contributed by atoms with Gasteiger partial charge in [0.1, 0.15) is 0 Å². The Bertz CT molecular complexity index is 705. The zero-order valence-electron chi connectivity index (χ0n) is 12.2. The van der Waals surface area contributed by atoms with E-state index in [0.29, 0.717) is 11.4 Å². The lowest BCUT2D eigenvalue weighted by atomic mass is 10.1. The number of benzene rings is 1. The molecule has 0 atom stereocenters. The molecule has 1 aromatic heterocycles. The van der Waals surface area contributed by atoms with E-state index in [9.17, 15) is 8.42 Å². The molecular formula is C13H18N6O2S. The van der Waals surface area contributed by atoms with Gasteiger partial charge in [0.25, 0.3) is 0 Å². The molecule has 2 N–H and O–H groups in total. The minimum absolute atomic E-state index is 0.00177. The maximum absolute atomic E-state index is 12.4. The van der Waals surface area contributed by atoms with Crippen LogP contribution >= 0.6 is 0 Å². The summed E-state index contributed by atoms with van der Waals surface area (Å²) in [5.41, 5.74) is 0.715. The Morgan fingerprint density at radius 1 is 1.23 bits per heavy atom. The number of aromatic amines is 1. The highest BCUT2D eigenvalue weighted by Crippen LogP contribution is 2.18. The summed E-state index contributed by atoms with van der Waals surface area (Å²) in [7, 11) is -1.45. The number of H-pyrrole nitrogens is 1. The van der Waals surface area contributed by atoms with Crippen molar-refractivity contribution in [3.05, 3.63) is 24.3 Å². The van der Waals surface area contributed by atoms with Gasteiger partial charge in [0.15, 0.2) is 0 Å². The molecule has 2 aromatic rings. The fraction of sp³-hybridized carbons (Fsp3) is 0.462. The van der Waals surface area contributed by atoms with Gasteiger partial charge in [0.2, 0.25) is 15.8 Å². The second kappa shape index (κ2) is 6.11. The van der Waals surface area contributed by atoms with Crippen molar-refractivity contribution in [2.45, 2.75) is 23.8 Å². The van der Waals surface area contributed by atoms with Gasteiger partial charge in [-0.3, -0.25) is 0 Å². The Kier molecular flexibility index (Phi) is 4.19. The van der Waals surface area contributed by atoms with Gasteiger partial charge in [-0.15, -0.1) is 10.2 Å². The quantitative estimate of drug-likeness (QED) is 0.835. The third-order valence-electron chi connectivity index (χ3n) is 3.81.